The minimum absolute atomic E-state index is 0.0481. The predicted octanol–water partition coefficient (Wildman–Crippen LogP) is 1.16. The minimum Gasteiger partial charge on any atom is -0.501 e. The van der Waals surface area contributed by atoms with E-state index in [0.29, 0.717) is 44.3 Å². The highest BCUT2D eigenvalue weighted by molar-refractivity contribution is 5.94. The zero-order valence-corrected chi connectivity index (χ0v) is 19.8. The molecule has 0 spiro atoms. The summed E-state index contributed by atoms with van der Waals surface area (Å²) in [5.41, 5.74) is -1.49. The lowest BCUT2D eigenvalue weighted by molar-refractivity contribution is -0.134. The van der Waals surface area contributed by atoms with Crippen LogP contribution >= 0.6 is 0 Å². The van der Waals surface area contributed by atoms with Gasteiger partial charge in [0.2, 0.25) is 17.6 Å². The van der Waals surface area contributed by atoms with Gasteiger partial charge in [0.25, 0.3) is 11.5 Å². The van der Waals surface area contributed by atoms with Crippen LogP contribution in [-0.2, 0) is 28.2 Å². The first-order valence-electron chi connectivity index (χ1n) is 12.2. The largest absolute Gasteiger partial charge is 0.501 e. The third-order valence-corrected chi connectivity index (χ3v) is 7.44. The number of carbonyl (C=O) groups is 3. The summed E-state index contributed by atoms with van der Waals surface area (Å²) in [5.74, 6) is -1.87. The van der Waals surface area contributed by atoms with Crippen LogP contribution < -0.4 is 16.2 Å². The van der Waals surface area contributed by atoms with Crippen molar-refractivity contribution in [3.05, 3.63) is 57.5 Å². The molecule has 3 N–H and O–H groups in total. The molecule has 10 nitrogen and oxygen atoms in total. The van der Waals surface area contributed by atoms with E-state index in [4.69, 9.17) is 0 Å². The number of hydrogen-bond acceptors (Lipinski definition) is 6. The molecule has 2 bridgehead atoms. The number of aromatic nitrogens is 2. The molecule has 1 saturated carbocycles. The zero-order chi connectivity index (χ0) is 25.4. The lowest BCUT2D eigenvalue weighted by Crippen LogP contribution is -2.52. The van der Waals surface area contributed by atoms with Crippen LogP contribution in [0.2, 0.25) is 0 Å². The quantitative estimate of drug-likeness (QED) is 0.549. The Labute approximate surface area is 206 Å². The van der Waals surface area contributed by atoms with Crippen molar-refractivity contribution in [1.29, 1.82) is 0 Å². The maximum atomic E-state index is 13.2. The molecule has 1 aliphatic carbocycles. The second kappa shape index (κ2) is 9.36. The summed E-state index contributed by atoms with van der Waals surface area (Å²) in [7, 11) is 0. The maximum Gasteiger partial charge on any atom is 0.296 e. The fourth-order valence-electron chi connectivity index (χ4n) is 5.47. The third-order valence-electron chi connectivity index (χ3n) is 7.44. The molecule has 1 saturated heterocycles. The number of likely N-dealkylation sites (tertiary alicyclic amines) is 1. The standard InChI is InChI=1S/C25H28FN5O5/c26-17-5-3-15(4-6-17)12-27-22(35)20-21(34)23(36)31-13-16-7-9-25(10-8-16,24(31)28-20)29-18(32)14-30-11-1-2-19(30)33/h3-6,16,34H,1-2,7-14H2,(H,27,35)(H,29,32). The average Bonchev–Trinajstić information content (AvgIpc) is 3.11. The highest BCUT2D eigenvalue weighted by atomic mass is 19.1. The van der Waals surface area contributed by atoms with Crippen molar-refractivity contribution in [2.45, 2.75) is 57.2 Å². The second-order valence-corrected chi connectivity index (χ2v) is 9.85. The summed E-state index contributed by atoms with van der Waals surface area (Å²) < 4.78 is 14.5. The summed E-state index contributed by atoms with van der Waals surface area (Å²) in [4.78, 5) is 57.1. The number of rotatable bonds is 6. The van der Waals surface area contributed by atoms with Crippen molar-refractivity contribution >= 4 is 17.7 Å². The van der Waals surface area contributed by atoms with Crippen molar-refractivity contribution in [3.63, 3.8) is 0 Å². The fraction of sp³-hybridized carbons (Fsp3) is 0.480. The number of halogens is 1. The Hall–Kier alpha value is -3.76. The van der Waals surface area contributed by atoms with Crippen molar-refractivity contribution in [3.8, 4) is 5.75 Å². The van der Waals surface area contributed by atoms with Crippen molar-refractivity contribution in [2.24, 2.45) is 5.92 Å². The number of aromatic hydroxyl groups is 1. The van der Waals surface area contributed by atoms with E-state index in [1.807, 2.05) is 0 Å². The van der Waals surface area contributed by atoms with Gasteiger partial charge < -0.3 is 20.6 Å². The minimum atomic E-state index is -0.980. The molecule has 1 aromatic heterocycles. The highest BCUT2D eigenvalue weighted by Crippen LogP contribution is 2.43. The van der Waals surface area contributed by atoms with E-state index in [-0.39, 0.29) is 36.6 Å². The molecule has 3 aliphatic heterocycles. The van der Waals surface area contributed by atoms with Crippen LogP contribution in [0.25, 0.3) is 0 Å². The molecular formula is C25H28FN5O5. The summed E-state index contributed by atoms with van der Waals surface area (Å²) in [6.45, 7) is 0.847. The summed E-state index contributed by atoms with van der Waals surface area (Å²) >= 11 is 0. The molecule has 3 amide bonds. The van der Waals surface area contributed by atoms with E-state index in [2.05, 4.69) is 15.6 Å². The van der Waals surface area contributed by atoms with Gasteiger partial charge in [-0.25, -0.2) is 9.37 Å². The van der Waals surface area contributed by atoms with Gasteiger partial charge in [-0.05, 0) is 55.7 Å². The molecular weight excluding hydrogens is 469 g/mol. The lowest BCUT2D eigenvalue weighted by Gasteiger charge is -2.37. The van der Waals surface area contributed by atoms with Gasteiger partial charge in [0.15, 0.2) is 5.69 Å². The van der Waals surface area contributed by atoms with Crippen LogP contribution in [0.4, 0.5) is 4.39 Å². The van der Waals surface area contributed by atoms with Crippen LogP contribution in [0.15, 0.2) is 29.1 Å². The Kier molecular flexibility index (Phi) is 6.23. The van der Waals surface area contributed by atoms with Crippen molar-refractivity contribution in [1.82, 2.24) is 25.1 Å². The third kappa shape index (κ3) is 4.45. The molecule has 36 heavy (non-hydrogen) atoms. The van der Waals surface area contributed by atoms with Gasteiger partial charge in [-0.2, -0.15) is 0 Å². The number of nitrogens with zero attached hydrogens (tertiary/aromatic N) is 3. The Morgan fingerprint density at radius 2 is 1.89 bits per heavy atom. The van der Waals surface area contributed by atoms with E-state index < -0.39 is 34.3 Å². The van der Waals surface area contributed by atoms with Crippen molar-refractivity contribution < 1.29 is 23.9 Å². The zero-order valence-electron chi connectivity index (χ0n) is 19.8. The number of carbonyl (C=O) groups excluding carboxylic acids is 3. The number of benzene rings is 1. The molecule has 2 fully saturated rings. The van der Waals surface area contributed by atoms with Gasteiger partial charge >= 0.3 is 0 Å². The average molecular weight is 498 g/mol. The van der Waals surface area contributed by atoms with E-state index in [1.54, 1.807) is 0 Å². The summed E-state index contributed by atoms with van der Waals surface area (Å²) in [6.07, 6.45) is 3.71. The Bertz CT molecular complexity index is 1270. The maximum absolute atomic E-state index is 13.2. The first-order chi connectivity index (χ1) is 17.3. The first-order valence-corrected chi connectivity index (χ1v) is 12.2. The molecule has 11 heteroatoms. The van der Waals surface area contributed by atoms with E-state index in [9.17, 15) is 28.7 Å². The van der Waals surface area contributed by atoms with Gasteiger partial charge in [-0.1, -0.05) is 12.1 Å². The fourth-order valence-corrected chi connectivity index (χ4v) is 5.47. The molecule has 0 atom stereocenters. The highest BCUT2D eigenvalue weighted by Gasteiger charge is 2.46. The SMILES string of the molecule is O=C(CN1CCCC1=O)NC12CCC(CC1)Cn1c2nc(C(=O)NCc2ccc(F)cc2)c(O)c1=O. The number of nitrogens with one attached hydrogen (secondary N) is 2. The predicted molar refractivity (Wildman–Crippen MR) is 125 cm³/mol. The molecule has 0 unspecified atom stereocenters. The normalized spacial score (nSPS) is 22.8. The topological polar surface area (TPSA) is 134 Å². The van der Waals surface area contributed by atoms with Gasteiger partial charge in [-0.3, -0.25) is 23.7 Å². The molecule has 2 aromatic rings. The van der Waals surface area contributed by atoms with Crippen LogP contribution in [-0.4, -0.2) is 50.4 Å². The van der Waals surface area contributed by atoms with E-state index in [1.165, 1.54) is 33.7 Å². The molecule has 4 heterocycles. The van der Waals surface area contributed by atoms with Gasteiger partial charge in [0.05, 0.1) is 12.1 Å². The molecule has 190 valence electrons. The molecule has 6 rings (SSSR count). The monoisotopic (exact) mass is 497 g/mol. The van der Waals surface area contributed by atoms with E-state index in [0.717, 1.165) is 12.8 Å². The molecule has 1 aromatic carbocycles. The lowest BCUT2D eigenvalue weighted by atomic mass is 9.77. The Balaban J connectivity index is 1.44. The van der Waals surface area contributed by atoms with Crippen LogP contribution in [0.3, 0.4) is 0 Å². The first kappa shape index (κ1) is 24.0. The summed E-state index contributed by atoms with van der Waals surface area (Å²) in [5, 5.41) is 16.2. The van der Waals surface area contributed by atoms with Crippen LogP contribution in [0, 0.1) is 11.7 Å². The Morgan fingerprint density at radius 1 is 1.17 bits per heavy atom. The van der Waals surface area contributed by atoms with Crippen molar-refractivity contribution in [2.75, 3.05) is 13.1 Å². The summed E-state index contributed by atoms with van der Waals surface area (Å²) in [6, 6.07) is 5.57. The van der Waals surface area contributed by atoms with E-state index >= 15 is 0 Å². The number of amides is 3. The molecule has 0 radical (unpaired) electrons. The van der Waals surface area contributed by atoms with Crippen LogP contribution in [0.5, 0.6) is 5.75 Å². The number of hydrogen-bond donors (Lipinski definition) is 3. The van der Waals surface area contributed by atoms with Gasteiger partial charge in [0.1, 0.15) is 11.6 Å². The van der Waals surface area contributed by atoms with Gasteiger partial charge in [0, 0.05) is 26.1 Å². The smallest absolute Gasteiger partial charge is 0.296 e. The molecule has 4 aliphatic rings. The Morgan fingerprint density at radius 3 is 2.56 bits per heavy atom. The second-order valence-electron chi connectivity index (χ2n) is 9.85. The number of fused-ring (bicyclic) bond motifs is 2. The van der Waals surface area contributed by atoms with Crippen LogP contribution in [0.1, 0.15) is 60.4 Å². The van der Waals surface area contributed by atoms with Gasteiger partial charge in [-0.15, -0.1) is 0 Å².